The Morgan fingerprint density at radius 3 is 2.00 bits per heavy atom. The van der Waals surface area contributed by atoms with E-state index < -0.39 is 41.3 Å². The van der Waals surface area contributed by atoms with Crippen LogP contribution in [-0.2, 0) is 4.79 Å². The number of rotatable bonds is 6. The lowest BCUT2D eigenvalue weighted by Gasteiger charge is -2.24. The number of benzene rings is 2. The normalized spacial score (nSPS) is 13.1. The standard InChI is InChI=1S/C20H21F3N2O2/c1-11(2)18(25-19(26)13-4-6-14(21)7-5-13)20(27)24-12(3)16-9-8-15(22)10-17(16)23/h4-12,18H,1-3H3,(H,24,27)(H,25,26)/t12?,18-/m0/s1. The Morgan fingerprint density at radius 1 is 0.852 bits per heavy atom. The third-order valence-electron chi connectivity index (χ3n) is 4.13. The van der Waals surface area contributed by atoms with Gasteiger partial charge in [0.25, 0.3) is 5.91 Å². The van der Waals surface area contributed by atoms with Crippen molar-refractivity contribution in [2.45, 2.75) is 32.9 Å². The summed E-state index contributed by atoms with van der Waals surface area (Å²) in [6.45, 7) is 5.06. The van der Waals surface area contributed by atoms with E-state index in [1.807, 2.05) is 0 Å². The zero-order chi connectivity index (χ0) is 20.1. The van der Waals surface area contributed by atoms with Gasteiger partial charge in [-0.1, -0.05) is 19.9 Å². The molecule has 4 nitrogen and oxygen atoms in total. The van der Waals surface area contributed by atoms with Gasteiger partial charge in [0.2, 0.25) is 5.91 Å². The van der Waals surface area contributed by atoms with Crippen molar-refractivity contribution in [3.63, 3.8) is 0 Å². The lowest BCUT2D eigenvalue weighted by molar-refractivity contribution is -0.124. The van der Waals surface area contributed by atoms with Crippen LogP contribution >= 0.6 is 0 Å². The molecule has 0 radical (unpaired) electrons. The average molecular weight is 378 g/mol. The number of nitrogens with one attached hydrogen (secondary N) is 2. The van der Waals surface area contributed by atoms with Gasteiger partial charge in [0, 0.05) is 17.2 Å². The second-order valence-electron chi connectivity index (χ2n) is 6.60. The van der Waals surface area contributed by atoms with Gasteiger partial charge in [-0.15, -0.1) is 0 Å². The number of carbonyl (C=O) groups excluding carboxylic acids is 2. The zero-order valence-electron chi connectivity index (χ0n) is 15.2. The van der Waals surface area contributed by atoms with Crippen LogP contribution in [0.5, 0.6) is 0 Å². The maximum Gasteiger partial charge on any atom is 0.251 e. The predicted molar refractivity (Wildman–Crippen MR) is 95.4 cm³/mol. The van der Waals surface area contributed by atoms with Crippen molar-refractivity contribution in [1.82, 2.24) is 10.6 Å². The molecule has 0 spiro atoms. The van der Waals surface area contributed by atoms with Crippen LogP contribution in [0, 0.1) is 23.4 Å². The highest BCUT2D eigenvalue weighted by Gasteiger charge is 2.26. The predicted octanol–water partition coefficient (Wildman–Crippen LogP) is 3.74. The second-order valence-corrected chi connectivity index (χ2v) is 6.60. The third kappa shape index (κ3) is 5.32. The van der Waals surface area contributed by atoms with Gasteiger partial charge in [-0.05, 0) is 43.2 Å². The molecule has 0 aliphatic carbocycles. The lowest BCUT2D eigenvalue weighted by atomic mass is 10.0. The summed E-state index contributed by atoms with van der Waals surface area (Å²) >= 11 is 0. The van der Waals surface area contributed by atoms with Gasteiger partial charge < -0.3 is 10.6 Å². The molecule has 2 aromatic rings. The highest BCUT2D eigenvalue weighted by Crippen LogP contribution is 2.18. The highest BCUT2D eigenvalue weighted by atomic mass is 19.1. The monoisotopic (exact) mass is 378 g/mol. The zero-order valence-corrected chi connectivity index (χ0v) is 15.2. The Balaban J connectivity index is 2.10. The SMILES string of the molecule is CC(NC(=O)[C@@H](NC(=O)c1ccc(F)cc1)C(C)C)c1ccc(F)cc1F. The topological polar surface area (TPSA) is 58.2 Å². The van der Waals surface area contributed by atoms with E-state index in [0.717, 1.165) is 24.3 Å². The fourth-order valence-electron chi connectivity index (χ4n) is 2.59. The van der Waals surface area contributed by atoms with Crippen molar-refractivity contribution in [1.29, 1.82) is 0 Å². The van der Waals surface area contributed by atoms with Crippen LogP contribution in [0.4, 0.5) is 13.2 Å². The summed E-state index contributed by atoms with van der Waals surface area (Å²) in [5.74, 6) is -3.22. The number of halogens is 3. The molecule has 0 bridgehead atoms. The Labute approximate surface area is 155 Å². The molecule has 2 rings (SSSR count). The van der Waals surface area contributed by atoms with Gasteiger partial charge in [0.15, 0.2) is 0 Å². The van der Waals surface area contributed by atoms with Crippen molar-refractivity contribution in [3.05, 3.63) is 71.0 Å². The molecule has 0 fully saturated rings. The van der Waals surface area contributed by atoms with E-state index in [9.17, 15) is 22.8 Å². The summed E-state index contributed by atoms with van der Waals surface area (Å²) in [5, 5.41) is 5.23. The molecule has 0 aromatic heterocycles. The molecular weight excluding hydrogens is 357 g/mol. The molecule has 0 heterocycles. The smallest absolute Gasteiger partial charge is 0.251 e. The number of carbonyl (C=O) groups is 2. The number of amides is 2. The highest BCUT2D eigenvalue weighted by molar-refractivity contribution is 5.97. The molecule has 2 N–H and O–H groups in total. The van der Waals surface area contributed by atoms with Crippen molar-refractivity contribution in [2.24, 2.45) is 5.92 Å². The first-order valence-corrected chi connectivity index (χ1v) is 8.50. The quantitative estimate of drug-likeness (QED) is 0.805. The Hall–Kier alpha value is -2.83. The minimum absolute atomic E-state index is 0.136. The summed E-state index contributed by atoms with van der Waals surface area (Å²) in [4.78, 5) is 24.9. The lowest BCUT2D eigenvalue weighted by Crippen LogP contribution is -2.50. The van der Waals surface area contributed by atoms with Gasteiger partial charge in [-0.2, -0.15) is 0 Å². The van der Waals surface area contributed by atoms with E-state index in [1.165, 1.54) is 18.2 Å². The first-order chi connectivity index (χ1) is 12.7. The van der Waals surface area contributed by atoms with Crippen LogP contribution in [0.25, 0.3) is 0 Å². The van der Waals surface area contributed by atoms with E-state index in [1.54, 1.807) is 20.8 Å². The minimum atomic E-state index is -0.881. The first kappa shape index (κ1) is 20.5. The molecule has 7 heteroatoms. The number of hydrogen-bond acceptors (Lipinski definition) is 2. The fraction of sp³-hybridized carbons (Fsp3) is 0.300. The molecule has 2 atom stereocenters. The maximum atomic E-state index is 13.9. The summed E-state index contributed by atoms with van der Waals surface area (Å²) < 4.78 is 39.9. The minimum Gasteiger partial charge on any atom is -0.348 e. The van der Waals surface area contributed by atoms with E-state index in [-0.39, 0.29) is 17.0 Å². The van der Waals surface area contributed by atoms with Crippen molar-refractivity contribution < 1.29 is 22.8 Å². The molecular formula is C20H21F3N2O2. The molecule has 2 amide bonds. The van der Waals surface area contributed by atoms with Crippen molar-refractivity contribution in [3.8, 4) is 0 Å². The van der Waals surface area contributed by atoms with Gasteiger partial charge in [0.05, 0.1) is 6.04 Å². The summed E-state index contributed by atoms with van der Waals surface area (Å²) in [6.07, 6.45) is 0. The van der Waals surface area contributed by atoms with Crippen LogP contribution in [0.1, 0.15) is 42.7 Å². The van der Waals surface area contributed by atoms with E-state index >= 15 is 0 Å². The molecule has 2 aromatic carbocycles. The van der Waals surface area contributed by atoms with Crippen LogP contribution in [0.2, 0.25) is 0 Å². The molecule has 0 saturated heterocycles. The summed E-state index contributed by atoms with van der Waals surface area (Å²) in [6, 6.07) is 6.45. The van der Waals surface area contributed by atoms with E-state index in [0.29, 0.717) is 0 Å². The largest absolute Gasteiger partial charge is 0.348 e. The maximum absolute atomic E-state index is 13.9. The first-order valence-electron chi connectivity index (χ1n) is 8.50. The van der Waals surface area contributed by atoms with E-state index in [2.05, 4.69) is 10.6 Å². The van der Waals surface area contributed by atoms with Crippen molar-refractivity contribution in [2.75, 3.05) is 0 Å². The summed E-state index contributed by atoms with van der Waals surface area (Å²) in [5.41, 5.74) is 0.351. The number of hydrogen-bond donors (Lipinski definition) is 2. The van der Waals surface area contributed by atoms with Gasteiger partial charge in [0.1, 0.15) is 23.5 Å². The van der Waals surface area contributed by atoms with Crippen LogP contribution in [-0.4, -0.2) is 17.9 Å². The fourth-order valence-corrected chi connectivity index (χ4v) is 2.59. The van der Waals surface area contributed by atoms with Crippen LogP contribution in [0.15, 0.2) is 42.5 Å². The Bertz CT molecular complexity index is 822. The van der Waals surface area contributed by atoms with Gasteiger partial charge in [-0.25, -0.2) is 13.2 Å². The van der Waals surface area contributed by atoms with Crippen LogP contribution in [0.3, 0.4) is 0 Å². The Morgan fingerprint density at radius 2 is 1.44 bits per heavy atom. The molecule has 0 saturated carbocycles. The third-order valence-corrected chi connectivity index (χ3v) is 4.13. The molecule has 27 heavy (non-hydrogen) atoms. The van der Waals surface area contributed by atoms with Gasteiger partial charge >= 0.3 is 0 Å². The second kappa shape index (κ2) is 8.70. The molecule has 144 valence electrons. The average Bonchev–Trinajstić information content (AvgIpc) is 2.59. The van der Waals surface area contributed by atoms with Gasteiger partial charge in [-0.3, -0.25) is 9.59 Å². The van der Waals surface area contributed by atoms with Crippen molar-refractivity contribution >= 4 is 11.8 Å². The molecule has 1 unspecified atom stereocenters. The van der Waals surface area contributed by atoms with E-state index in [4.69, 9.17) is 0 Å². The molecule has 0 aliphatic rings. The van der Waals surface area contributed by atoms with Crippen LogP contribution < -0.4 is 10.6 Å². The summed E-state index contributed by atoms with van der Waals surface area (Å²) in [7, 11) is 0. The molecule has 0 aliphatic heterocycles. The Kier molecular flexibility index (Phi) is 6.60.